The lowest BCUT2D eigenvalue weighted by atomic mass is 10.0. The number of ether oxygens (including phenoxy) is 1. The number of aryl methyl sites for hydroxylation is 1. The van der Waals surface area contributed by atoms with Gasteiger partial charge < -0.3 is 10.1 Å². The zero-order chi connectivity index (χ0) is 16.9. The summed E-state index contributed by atoms with van der Waals surface area (Å²) in [5, 5.41) is 3.52. The minimum Gasteiger partial charge on any atom is -0.491 e. The Morgan fingerprint density at radius 1 is 1.25 bits per heavy atom. The molecular weight excluding hydrogens is 298 g/mol. The topological polar surface area (TPSA) is 37.4 Å². The van der Waals surface area contributed by atoms with Crippen LogP contribution in [-0.4, -0.2) is 35.6 Å². The van der Waals surface area contributed by atoms with Gasteiger partial charge in [0.1, 0.15) is 5.75 Å². The van der Waals surface area contributed by atoms with Crippen molar-refractivity contribution in [2.24, 2.45) is 0 Å². The average Bonchev–Trinajstić information content (AvgIpc) is 2.58. The van der Waals surface area contributed by atoms with Crippen molar-refractivity contribution in [1.82, 2.24) is 15.2 Å². The molecule has 0 aliphatic carbocycles. The Hall–Kier alpha value is -1.91. The summed E-state index contributed by atoms with van der Waals surface area (Å²) in [6.45, 7) is 10.2. The average molecular weight is 325 g/mol. The minimum atomic E-state index is 0.206. The summed E-state index contributed by atoms with van der Waals surface area (Å²) in [7, 11) is 0. The molecule has 4 heteroatoms. The van der Waals surface area contributed by atoms with Crippen LogP contribution < -0.4 is 10.1 Å². The van der Waals surface area contributed by atoms with E-state index in [1.807, 2.05) is 12.3 Å². The van der Waals surface area contributed by atoms with E-state index in [-0.39, 0.29) is 6.10 Å². The van der Waals surface area contributed by atoms with E-state index in [1.54, 1.807) is 0 Å². The third-order valence-corrected chi connectivity index (χ3v) is 4.48. The number of nitrogens with one attached hydrogen (secondary N) is 1. The standard InChI is InChI=1S/C20H27N3O/c1-15(2)24-19-8-6-17(7-9-19)20-13-21-11-12-23(20)14-18-5-4-10-22-16(18)3/h4-10,15,20-21H,11-14H2,1-3H3. The van der Waals surface area contributed by atoms with Gasteiger partial charge in [-0.1, -0.05) is 18.2 Å². The first kappa shape index (κ1) is 16.9. The van der Waals surface area contributed by atoms with Crippen LogP contribution in [0.3, 0.4) is 0 Å². The summed E-state index contributed by atoms with van der Waals surface area (Å²) in [5.41, 5.74) is 3.76. The van der Waals surface area contributed by atoms with Gasteiger partial charge in [0, 0.05) is 44.1 Å². The first-order chi connectivity index (χ1) is 11.6. The molecular formula is C20H27N3O. The van der Waals surface area contributed by atoms with Gasteiger partial charge in [-0.25, -0.2) is 0 Å². The molecule has 1 saturated heterocycles. The second-order valence-electron chi connectivity index (χ2n) is 6.67. The minimum absolute atomic E-state index is 0.206. The van der Waals surface area contributed by atoms with Crippen molar-refractivity contribution < 1.29 is 4.74 Å². The second kappa shape index (κ2) is 7.77. The van der Waals surface area contributed by atoms with E-state index < -0.39 is 0 Å². The van der Waals surface area contributed by atoms with Gasteiger partial charge in [0.25, 0.3) is 0 Å². The lowest BCUT2D eigenvalue weighted by Crippen LogP contribution is -2.45. The Balaban J connectivity index is 1.75. The smallest absolute Gasteiger partial charge is 0.119 e. The van der Waals surface area contributed by atoms with Crippen molar-refractivity contribution in [2.45, 2.75) is 39.5 Å². The van der Waals surface area contributed by atoms with Crippen molar-refractivity contribution in [1.29, 1.82) is 0 Å². The van der Waals surface area contributed by atoms with Gasteiger partial charge in [0.05, 0.1) is 6.10 Å². The maximum absolute atomic E-state index is 5.76. The normalized spacial score (nSPS) is 18.8. The van der Waals surface area contributed by atoms with Crippen molar-refractivity contribution in [3.05, 3.63) is 59.4 Å². The summed E-state index contributed by atoms with van der Waals surface area (Å²) < 4.78 is 5.76. The number of hydrogen-bond donors (Lipinski definition) is 1. The van der Waals surface area contributed by atoms with E-state index in [0.29, 0.717) is 6.04 Å². The Labute approximate surface area is 144 Å². The van der Waals surface area contributed by atoms with Gasteiger partial charge in [-0.05, 0) is 50.1 Å². The zero-order valence-corrected chi connectivity index (χ0v) is 14.8. The maximum atomic E-state index is 5.76. The third kappa shape index (κ3) is 4.13. The summed E-state index contributed by atoms with van der Waals surface area (Å²) in [5.74, 6) is 0.937. The summed E-state index contributed by atoms with van der Waals surface area (Å²) in [6.07, 6.45) is 2.07. The molecule has 1 N–H and O–H groups in total. The number of pyridine rings is 1. The molecule has 1 unspecified atom stereocenters. The van der Waals surface area contributed by atoms with Crippen LogP contribution in [-0.2, 0) is 6.54 Å². The predicted molar refractivity (Wildman–Crippen MR) is 97.2 cm³/mol. The van der Waals surface area contributed by atoms with E-state index in [2.05, 4.69) is 66.3 Å². The van der Waals surface area contributed by atoms with Gasteiger partial charge in [-0.15, -0.1) is 0 Å². The number of hydrogen-bond acceptors (Lipinski definition) is 4. The molecule has 1 atom stereocenters. The fourth-order valence-corrected chi connectivity index (χ4v) is 3.21. The summed E-state index contributed by atoms with van der Waals surface area (Å²) in [6, 6.07) is 13.1. The fourth-order valence-electron chi connectivity index (χ4n) is 3.21. The van der Waals surface area contributed by atoms with Crippen LogP contribution in [0.25, 0.3) is 0 Å². The molecule has 128 valence electrons. The van der Waals surface area contributed by atoms with E-state index in [0.717, 1.165) is 37.6 Å². The molecule has 3 rings (SSSR count). The number of rotatable bonds is 5. The molecule has 0 amide bonds. The van der Waals surface area contributed by atoms with Crippen molar-refractivity contribution in [3.8, 4) is 5.75 Å². The van der Waals surface area contributed by atoms with Crippen LogP contribution in [0.5, 0.6) is 5.75 Å². The molecule has 2 heterocycles. The highest BCUT2D eigenvalue weighted by Gasteiger charge is 2.24. The van der Waals surface area contributed by atoms with E-state index in [9.17, 15) is 0 Å². The number of aromatic nitrogens is 1. The quantitative estimate of drug-likeness (QED) is 0.915. The van der Waals surface area contributed by atoms with Crippen LogP contribution in [0.2, 0.25) is 0 Å². The number of benzene rings is 1. The predicted octanol–water partition coefficient (Wildman–Crippen LogP) is 3.32. The Morgan fingerprint density at radius 3 is 2.75 bits per heavy atom. The van der Waals surface area contributed by atoms with Gasteiger partial charge in [-0.2, -0.15) is 0 Å². The highest BCUT2D eigenvalue weighted by Crippen LogP contribution is 2.26. The lowest BCUT2D eigenvalue weighted by molar-refractivity contribution is 0.153. The van der Waals surface area contributed by atoms with Crippen LogP contribution in [0.1, 0.15) is 36.7 Å². The number of piperazine rings is 1. The third-order valence-electron chi connectivity index (χ3n) is 4.48. The SMILES string of the molecule is Cc1ncccc1CN1CCNCC1c1ccc(OC(C)C)cc1. The van der Waals surface area contributed by atoms with Gasteiger partial charge in [0.15, 0.2) is 0 Å². The first-order valence-electron chi connectivity index (χ1n) is 8.75. The van der Waals surface area contributed by atoms with Gasteiger partial charge in [-0.3, -0.25) is 9.88 Å². The largest absolute Gasteiger partial charge is 0.491 e. The second-order valence-corrected chi connectivity index (χ2v) is 6.67. The first-order valence-corrected chi connectivity index (χ1v) is 8.75. The molecule has 1 aliphatic heterocycles. The molecule has 0 spiro atoms. The van der Waals surface area contributed by atoms with Crippen LogP contribution in [0.15, 0.2) is 42.6 Å². The monoisotopic (exact) mass is 325 g/mol. The molecule has 0 saturated carbocycles. The molecule has 1 aliphatic rings. The Morgan fingerprint density at radius 2 is 2.04 bits per heavy atom. The molecule has 24 heavy (non-hydrogen) atoms. The van der Waals surface area contributed by atoms with Gasteiger partial charge in [0.2, 0.25) is 0 Å². The molecule has 2 aromatic rings. The van der Waals surface area contributed by atoms with Gasteiger partial charge >= 0.3 is 0 Å². The van der Waals surface area contributed by atoms with Crippen molar-refractivity contribution >= 4 is 0 Å². The van der Waals surface area contributed by atoms with E-state index in [4.69, 9.17) is 4.74 Å². The van der Waals surface area contributed by atoms with E-state index in [1.165, 1.54) is 11.1 Å². The Kier molecular flexibility index (Phi) is 5.48. The van der Waals surface area contributed by atoms with Crippen molar-refractivity contribution in [3.63, 3.8) is 0 Å². The highest BCUT2D eigenvalue weighted by molar-refractivity contribution is 5.30. The lowest BCUT2D eigenvalue weighted by Gasteiger charge is -2.36. The molecule has 1 aromatic carbocycles. The molecule has 0 bridgehead atoms. The highest BCUT2D eigenvalue weighted by atomic mass is 16.5. The number of nitrogens with zero attached hydrogens (tertiary/aromatic N) is 2. The van der Waals surface area contributed by atoms with Crippen LogP contribution in [0.4, 0.5) is 0 Å². The summed E-state index contributed by atoms with van der Waals surface area (Å²) >= 11 is 0. The maximum Gasteiger partial charge on any atom is 0.119 e. The molecule has 0 radical (unpaired) electrons. The molecule has 1 fully saturated rings. The van der Waals surface area contributed by atoms with Crippen LogP contribution in [0, 0.1) is 6.92 Å². The zero-order valence-electron chi connectivity index (χ0n) is 14.8. The fraction of sp³-hybridized carbons (Fsp3) is 0.450. The van der Waals surface area contributed by atoms with Crippen LogP contribution >= 0.6 is 0 Å². The Bertz CT molecular complexity index is 654. The molecule has 1 aromatic heterocycles. The molecule has 4 nitrogen and oxygen atoms in total. The summed E-state index contributed by atoms with van der Waals surface area (Å²) in [4.78, 5) is 6.96. The van der Waals surface area contributed by atoms with Crippen molar-refractivity contribution in [2.75, 3.05) is 19.6 Å². The van der Waals surface area contributed by atoms with E-state index >= 15 is 0 Å².